The highest BCUT2D eigenvalue weighted by atomic mass is 32.1. The van der Waals surface area contributed by atoms with Crippen LogP contribution in [-0.4, -0.2) is 15.6 Å². The molecule has 0 fully saturated rings. The van der Waals surface area contributed by atoms with Gasteiger partial charge in [-0.3, -0.25) is 0 Å². The SMILES string of the molecule is Cc1ncsc1C(O)CC(C)(C)N. The normalized spacial score (nSPS) is 14.5. The topological polar surface area (TPSA) is 59.1 Å². The zero-order valence-electron chi connectivity index (χ0n) is 8.24. The molecule has 3 nitrogen and oxygen atoms in total. The van der Waals surface area contributed by atoms with Crippen molar-refractivity contribution >= 4 is 11.3 Å². The summed E-state index contributed by atoms with van der Waals surface area (Å²) in [6, 6.07) is 0. The fraction of sp³-hybridized carbons (Fsp3) is 0.667. The lowest BCUT2D eigenvalue weighted by Gasteiger charge is -2.21. The van der Waals surface area contributed by atoms with Gasteiger partial charge in [-0.15, -0.1) is 11.3 Å². The summed E-state index contributed by atoms with van der Waals surface area (Å²) in [5.74, 6) is 0. The number of aliphatic hydroxyl groups excluding tert-OH is 1. The first-order chi connectivity index (χ1) is 5.90. The maximum absolute atomic E-state index is 9.82. The van der Waals surface area contributed by atoms with E-state index >= 15 is 0 Å². The van der Waals surface area contributed by atoms with Gasteiger partial charge in [0.2, 0.25) is 0 Å². The molecule has 1 aromatic heterocycles. The van der Waals surface area contributed by atoms with Crippen molar-refractivity contribution in [3.8, 4) is 0 Å². The van der Waals surface area contributed by atoms with Gasteiger partial charge in [0.1, 0.15) is 0 Å². The highest BCUT2D eigenvalue weighted by molar-refractivity contribution is 7.09. The minimum absolute atomic E-state index is 0.337. The van der Waals surface area contributed by atoms with Gasteiger partial charge in [0.25, 0.3) is 0 Å². The summed E-state index contributed by atoms with van der Waals surface area (Å²) < 4.78 is 0. The molecule has 0 amide bonds. The predicted octanol–water partition coefficient (Wildman–Crippen LogP) is 1.61. The zero-order valence-corrected chi connectivity index (χ0v) is 9.06. The van der Waals surface area contributed by atoms with Crippen LogP contribution in [0.2, 0.25) is 0 Å². The highest BCUT2D eigenvalue weighted by Gasteiger charge is 2.20. The second-order valence-electron chi connectivity index (χ2n) is 4.01. The van der Waals surface area contributed by atoms with Gasteiger partial charge in [0.15, 0.2) is 0 Å². The molecule has 3 N–H and O–H groups in total. The van der Waals surface area contributed by atoms with Crippen molar-refractivity contribution in [3.63, 3.8) is 0 Å². The molecule has 1 heterocycles. The van der Waals surface area contributed by atoms with E-state index in [9.17, 15) is 5.11 Å². The number of hydrogen-bond acceptors (Lipinski definition) is 4. The van der Waals surface area contributed by atoms with Crippen LogP contribution in [0.3, 0.4) is 0 Å². The van der Waals surface area contributed by atoms with Gasteiger partial charge in [-0.05, 0) is 27.2 Å². The number of rotatable bonds is 3. The first kappa shape index (κ1) is 10.6. The molecule has 1 aromatic rings. The Balaban J connectivity index is 2.69. The van der Waals surface area contributed by atoms with Crippen molar-refractivity contribution in [2.45, 2.75) is 38.8 Å². The molecule has 0 aromatic carbocycles. The Bertz CT molecular complexity index is 277. The summed E-state index contributed by atoms with van der Waals surface area (Å²) in [6.07, 6.45) is 0.0863. The Labute approximate surface area is 82.6 Å². The van der Waals surface area contributed by atoms with E-state index in [2.05, 4.69) is 4.98 Å². The average Bonchev–Trinajstić information content (AvgIpc) is 2.30. The molecule has 1 atom stereocenters. The Hall–Kier alpha value is -0.450. The van der Waals surface area contributed by atoms with Crippen molar-refractivity contribution in [2.75, 3.05) is 0 Å². The monoisotopic (exact) mass is 200 g/mol. The Kier molecular flexibility index (Phi) is 3.05. The van der Waals surface area contributed by atoms with Gasteiger partial charge < -0.3 is 10.8 Å². The maximum Gasteiger partial charge on any atom is 0.0918 e. The third kappa shape index (κ3) is 3.06. The van der Waals surface area contributed by atoms with Gasteiger partial charge in [-0.2, -0.15) is 0 Å². The fourth-order valence-corrected chi connectivity index (χ4v) is 2.01. The van der Waals surface area contributed by atoms with Crippen LogP contribution >= 0.6 is 11.3 Å². The van der Waals surface area contributed by atoms with Gasteiger partial charge in [-0.25, -0.2) is 4.98 Å². The van der Waals surface area contributed by atoms with Crippen molar-refractivity contribution in [2.24, 2.45) is 5.73 Å². The first-order valence-electron chi connectivity index (χ1n) is 4.27. The van der Waals surface area contributed by atoms with Crippen LogP contribution in [0.15, 0.2) is 5.51 Å². The molecule has 0 aliphatic rings. The molecule has 0 spiro atoms. The minimum Gasteiger partial charge on any atom is -0.387 e. The minimum atomic E-state index is -0.479. The Morgan fingerprint density at radius 1 is 1.69 bits per heavy atom. The lowest BCUT2D eigenvalue weighted by atomic mass is 9.97. The van der Waals surface area contributed by atoms with E-state index in [1.165, 1.54) is 11.3 Å². The van der Waals surface area contributed by atoms with Crippen LogP contribution in [0.1, 0.15) is 36.9 Å². The Morgan fingerprint density at radius 2 is 2.31 bits per heavy atom. The summed E-state index contributed by atoms with van der Waals surface area (Å²) in [4.78, 5) is 5.01. The third-order valence-corrected chi connectivity index (χ3v) is 2.84. The third-order valence-electron chi connectivity index (χ3n) is 1.80. The average molecular weight is 200 g/mol. The highest BCUT2D eigenvalue weighted by Crippen LogP contribution is 2.27. The molecule has 13 heavy (non-hydrogen) atoms. The van der Waals surface area contributed by atoms with Crippen molar-refractivity contribution in [1.29, 1.82) is 0 Å². The zero-order chi connectivity index (χ0) is 10.1. The van der Waals surface area contributed by atoms with Crippen LogP contribution in [0.25, 0.3) is 0 Å². The predicted molar refractivity (Wildman–Crippen MR) is 54.7 cm³/mol. The molecule has 74 valence electrons. The summed E-state index contributed by atoms with van der Waals surface area (Å²) >= 11 is 1.48. The molecule has 0 aliphatic carbocycles. The number of hydrogen-bond donors (Lipinski definition) is 2. The number of nitrogens with two attached hydrogens (primary N) is 1. The molecular weight excluding hydrogens is 184 g/mol. The van der Waals surface area contributed by atoms with Crippen molar-refractivity contribution in [1.82, 2.24) is 4.98 Å². The van der Waals surface area contributed by atoms with Crippen molar-refractivity contribution < 1.29 is 5.11 Å². The second kappa shape index (κ2) is 3.74. The van der Waals surface area contributed by atoms with Gasteiger partial charge in [-0.1, -0.05) is 0 Å². The molecule has 0 radical (unpaired) electrons. The lowest BCUT2D eigenvalue weighted by Crippen LogP contribution is -2.33. The molecule has 0 saturated carbocycles. The first-order valence-corrected chi connectivity index (χ1v) is 5.15. The van der Waals surface area contributed by atoms with E-state index in [1.54, 1.807) is 5.51 Å². The van der Waals surface area contributed by atoms with Crippen LogP contribution in [0.4, 0.5) is 0 Å². The van der Waals surface area contributed by atoms with E-state index < -0.39 is 6.10 Å². The summed E-state index contributed by atoms with van der Waals surface area (Å²) in [5.41, 5.74) is 8.13. The standard InChI is InChI=1S/C9H16N2OS/c1-6-8(13-5-11-6)7(12)4-9(2,3)10/h5,7,12H,4,10H2,1-3H3. The van der Waals surface area contributed by atoms with E-state index in [0.29, 0.717) is 6.42 Å². The largest absolute Gasteiger partial charge is 0.387 e. The lowest BCUT2D eigenvalue weighted by molar-refractivity contribution is 0.144. The second-order valence-corrected chi connectivity index (χ2v) is 4.90. The van der Waals surface area contributed by atoms with E-state index in [4.69, 9.17) is 5.73 Å². The van der Waals surface area contributed by atoms with Crippen LogP contribution in [0.5, 0.6) is 0 Å². The summed E-state index contributed by atoms with van der Waals surface area (Å²) in [5, 5.41) is 9.82. The molecule has 1 rings (SSSR count). The molecule has 0 aliphatic heterocycles. The summed E-state index contributed by atoms with van der Waals surface area (Å²) in [7, 11) is 0. The van der Waals surface area contributed by atoms with E-state index in [0.717, 1.165) is 10.6 Å². The van der Waals surface area contributed by atoms with Crippen molar-refractivity contribution in [3.05, 3.63) is 16.1 Å². The summed E-state index contributed by atoms with van der Waals surface area (Å²) in [6.45, 7) is 5.72. The van der Waals surface area contributed by atoms with Crippen LogP contribution in [0, 0.1) is 6.92 Å². The number of aryl methyl sites for hydroxylation is 1. The quantitative estimate of drug-likeness (QED) is 0.779. The smallest absolute Gasteiger partial charge is 0.0918 e. The molecule has 0 saturated heterocycles. The van der Waals surface area contributed by atoms with Gasteiger partial charge >= 0.3 is 0 Å². The Morgan fingerprint density at radius 3 is 2.69 bits per heavy atom. The molecule has 0 bridgehead atoms. The molecule has 4 heteroatoms. The van der Waals surface area contributed by atoms with Crippen LogP contribution < -0.4 is 5.73 Å². The van der Waals surface area contributed by atoms with E-state index in [1.807, 2.05) is 20.8 Å². The fourth-order valence-electron chi connectivity index (χ4n) is 1.22. The number of aliphatic hydroxyl groups is 1. The number of thiazole rings is 1. The van der Waals surface area contributed by atoms with Crippen LogP contribution in [-0.2, 0) is 0 Å². The molecular formula is C9H16N2OS. The van der Waals surface area contributed by atoms with E-state index in [-0.39, 0.29) is 5.54 Å². The van der Waals surface area contributed by atoms with Gasteiger partial charge in [0, 0.05) is 5.54 Å². The molecule has 1 unspecified atom stereocenters. The van der Waals surface area contributed by atoms with Gasteiger partial charge in [0.05, 0.1) is 22.2 Å². The maximum atomic E-state index is 9.82. The number of nitrogens with zero attached hydrogens (tertiary/aromatic N) is 1. The number of aromatic nitrogens is 1.